The van der Waals surface area contributed by atoms with Gasteiger partial charge in [-0.3, -0.25) is 4.57 Å². The van der Waals surface area contributed by atoms with Crippen molar-refractivity contribution in [2.75, 3.05) is 6.54 Å². The van der Waals surface area contributed by atoms with Crippen LogP contribution in [0.1, 0.15) is 23.9 Å². The fourth-order valence-electron chi connectivity index (χ4n) is 1.79. The molecule has 0 unspecified atom stereocenters. The van der Waals surface area contributed by atoms with Gasteiger partial charge >= 0.3 is 0 Å². The van der Waals surface area contributed by atoms with E-state index in [9.17, 15) is 0 Å². The molecule has 2 aromatic heterocycles. The molecule has 0 radical (unpaired) electrons. The van der Waals surface area contributed by atoms with Gasteiger partial charge in [0.2, 0.25) is 0 Å². The van der Waals surface area contributed by atoms with E-state index >= 15 is 0 Å². The second-order valence-electron chi connectivity index (χ2n) is 4.20. The summed E-state index contributed by atoms with van der Waals surface area (Å²) in [5, 5.41) is 3.26. The Kier molecular flexibility index (Phi) is 3.54. The number of pyridine rings is 1. The Balaban J connectivity index is 2.24. The van der Waals surface area contributed by atoms with Crippen molar-refractivity contribution >= 4 is 0 Å². The topological polar surface area (TPSA) is 42.7 Å². The first kappa shape index (κ1) is 11.8. The molecular formula is C13H18N4. The second kappa shape index (κ2) is 5.10. The number of aromatic nitrogens is 3. The number of aryl methyl sites for hydroxylation is 2. The highest BCUT2D eigenvalue weighted by Gasteiger charge is 2.02. The number of hydrogen-bond donors (Lipinski definition) is 1. The Morgan fingerprint density at radius 2 is 2.12 bits per heavy atom. The normalized spacial score (nSPS) is 10.8. The van der Waals surface area contributed by atoms with Gasteiger partial charge in [0.15, 0.2) is 0 Å². The van der Waals surface area contributed by atoms with Gasteiger partial charge in [0.25, 0.3) is 0 Å². The number of hydrogen-bond acceptors (Lipinski definition) is 3. The fraction of sp³-hybridized carbons (Fsp3) is 0.385. The molecule has 4 nitrogen and oxygen atoms in total. The summed E-state index contributed by atoms with van der Waals surface area (Å²) in [5.41, 5.74) is 3.28. The van der Waals surface area contributed by atoms with Gasteiger partial charge in [0.05, 0.1) is 5.69 Å². The van der Waals surface area contributed by atoms with Crippen molar-refractivity contribution in [1.82, 2.24) is 19.9 Å². The summed E-state index contributed by atoms with van der Waals surface area (Å²) in [6.07, 6.45) is 3.83. The molecule has 0 aliphatic rings. The van der Waals surface area contributed by atoms with Crippen LogP contribution < -0.4 is 5.32 Å². The highest BCUT2D eigenvalue weighted by molar-refractivity contribution is 5.30. The lowest BCUT2D eigenvalue weighted by Crippen LogP contribution is -2.11. The highest BCUT2D eigenvalue weighted by Crippen LogP contribution is 2.10. The van der Waals surface area contributed by atoms with E-state index in [0.717, 1.165) is 30.3 Å². The van der Waals surface area contributed by atoms with Gasteiger partial charge in [0, 0.05) is 18.4 Å². The third-order valence-electron chi connectivity index (χ3n) is 2.54. The molecule has 1 N–H and O–H groups in total. The van der Waals surface area contributed by atoms with E-state index in [0.29, 0.717) is 0 Å². The third kappa shape index (κ3) is 2.91. The van der Waals surface area contributed by atoms with E-state index in [1.165, 1.54) is 5.56 Å². The van der Waals surface area contributed by atoms with Gasteiger partial charge in [-0.25, -0.2) is 9.97 Å². The van der Waals surface area contributed by atoms with Gasteiger partial charge < -0.3 is 5.32 Å². The molecule has 0 amide bonds. The molecule has 0 aliphatic carbocycles. The van der Waals surface area contributed by atoms with E-state index in [1.807, 2.05) is 24.0 Å². The quantitative estimate of drug-likeness (QED) is 0.873. The number of nitrogens with zero attached hydrogens (tertiary/aromatic N) is 3. The summed E-state index contributed by atoms with van der Waals surface area (Å²) in [5.74, 6) is 0.928. The van der Waals surface area contributed by atoms with Crippen LogP contribution in [0.15, 0.2) is 24.7 Å². The first-order valence-electron chi connectivity index (χ1n) is 5.88. The summed E-state index contributed by atoms with van der Waals surface area (Å²) in [4.78, 5) is 8.85. The smallest absolute Gasteiger partial charge is 0.138 e. The molecule has 0 aliphatic heterocycles. The molecule has 2 aromatic rings. The molecule has 0 spiro atoms. The van der Waals surface area contributed by atoms with Crippen molar-refractivity contribution in [2.24, 2.45) is 0 Å². The average Bonchev–Trinajstić information content (AvgIpc) is 2.73. The molecule has 17 heavy (non-hydrogen) atoms. The minimum Gasteiger partial charge on any atom is -0.311 e. The lowest BCUT2D eigenvalue weighted by molar-refractivity contribution is 0.713. The van der Waals surface area contributed by atoms with Crippen LogP contribution in [0.4, 0.5) is 0 Å². The molecular weight excluding hydrogens is 212 g/mol. The predicted octanol–water partition coefficient (Wildman–Crippen LogP) is 1.99. The van der Waals surface area contributed by atoms with Crippen LogP contribution in [-0.4, -0.2) is 21.1 Å². The summed E-state index contributed by atoms with van der Waals surface area (Å²) < 4.78 is 1.96. The number of rotatable bonds is 4. The molecule has 0 bridgehead atoms. The highest BCUT2D eigenvalue weighted by atomic mass is 15.1. The molecule has 0 fully saturated rings. The lowest BCUT2D eigenvalue weighted by Gasteiger charge is -2.04. The van der Waals surface area contributed by atoms with Crippen LogP contribution in [-0.2, 0) is 6.54 Å². The Hall–Kier alpha value is -1.68. The van der Waals surface area contributed by atoms with Gasteiger partial charge in [-0.1, -0.05) is 6.92 Å². The van der Waals surface area contributed by atoms with Crippen LogP contribution in [0.5, 0.6) is 0 Å². The standard InChI is InChI=1S/C13H18N4/c1-4-14-7-12-8-17(9-15-12)13-6-10(2)5-11(3)16-13/h5-6,8-9,14H,4,7H2,1-3H3. The molecule has 0 aromatic carbocycles. The first-order chi connectivity index (χ1) is 8.19. The number of imidazole rings is 1. The van der Waals surface area contributed by atoms with Crippen molar-refractivity contribution in [3.63, 3.8) is 0 Å². The average molecular weight is 230 g/mol. The van der Waals surface area contributed by atoms with Gasteiger partial charge in [-0.15, -0.1) is 0 Å². The van der Waals surface area contributed by atoms with Crippen molar-refractivity contribution in [2.45, 2.75) is 27.3 Å². The second-order valence-corrected chi connectivity index (χ2v) is 4.20. The van der Waals surface area contributed by atoms with Crippen LogP contribution in [0.2, 0.25) is 0 Å². The minimum atomic E-state index is 0.800. The van der Waals surface area contributed by atoms with Crippen molar-refractivity contribution < 1.29 is 0 Å². The van der Waals surface area contributed by atoms with Gasteiger partial charge in [-0.2, -0.15) is 0 Å². The van der Waals surface area contributed by atoms with Crippen LogP contribution in [0.25, 0.3) is 5.82 Å². The molecule has 2 rings (SSSR count). The molecule has 4 heteroatoms. The monoisotopic (exact) mass is 230 g/mol. The van der Waals surface area contributed by atoms with Crippen LogP contribution in [0, 0.1) is 13.8 Å². The zero-order chi connectivity index (χ0) is 12.3. The van der Waals surface area contributed by atoms with E-state index in [4.69, 9.17) is 0 Å². The predicted molar refractivity (Wildman–Crippen MR) is 68.2 cm³/mol. The van der Waals surface area contributed by atoms with Crippen molar-refractivity contribution in [1.29, 1.82) is 0 Å². The summed E-state index contributed by atoms with van der Waals surface area (Å²) >= 11 is 0. The summed E-state index contributed by atoms with van der Waals surface area (Å²) in [7, 11) is 0. The molecule has 2 heterocycles. The summed E-state index contributed by atoms with van der Waals surface area (Å²) in [6.45, 7) is 7.92. The molecule has 0 saturated heterocycles. The molecule has 90 valence electrons. The molecule has 0 saturated carbocycles. The fourth-order valence-corrected chi connectivity index (χ4v) is 1.79. The molecule has 0 atom stereocenters. The third-order valence-corrected chi connectivity index (χ3v) is 2.54. The Labute approximate surface area is 102 Å². The zero-order valence-corrected chi connectivity index (χ0v) is 10.6. The zero-order valence-electron chi connectivity index (χ0n) is 10.6. The Bertz CT molecular complexity index is 482. The minimum absolute atomic E-state index is 0.800. The Morgan fingerprint density at radius 3 is 2.82 bits per heavy atom. The maximum Gasteiger partial charge on any atom is 0.138 e. The summed E-state index contributed by atoms with van der Waals surface area (Å²) in [6, 6.07) is 4.13. The SMILES string of the molecule is CCNCc1cn(-c2cc(C)cc(C)n2)cn1. The van der Waals surface area contributed by atoms with Crippen LogP contribution >= 0.6 is 0 Å². The van der Waals surface area contributed by atoms with E-state index in [1.54, 1.807) is 0 Å². The van der Waals surface area contributed by atoms with Crippen molar-refractivity contribution in [3.8, 4) is 5.82 Å². The van der Waals surface area contributed by atoms with Gasteiger partial charge in [0.1, 0.15) is 12.1 Å². The largest absolute Gasteiger partial charge is 0.311 e. The van der Waals surface area contributed by atoms with Crippen molar-refractivity contribution in [3.05, 3.63) is 41.6 Å². The van der Waals surface area contributed by atoms with Gasteiger partial charge in [-0.05, 0) is 38.1 Å². The Morgan fingerprint density at radius 1 is 1.29 bits per heavy atom. The van der Waals surface area contributed by atoms with Crippen LogP contribution in [0.3, 0.4) is 0 Å². The van der Waals surface area contributed by atoms with E-state index < -0.39 is 0 Å². The van der Waals surface area contributed by atoms with E-state index in [2.05, 4.69) is 41.3 Å². The first-order valence-corrected chi connectivity index (χ1v) is 5.88. The lowest BCUT2D eigenvalue weighted by atomic mass is 10.2. The number of nitrogens with one attached hydrogen (secondary N) is 1. The van der Waals surface area contributed by atoms with E-state index in [-0.39, 0.29) is 0 Å². The maximum atomic E-state index is 4.50. The maximum absolute atomic E-state index is 4.50.